The van der Waals surface area contributed by atoms with Crippen molar-refractivity contribution in [3.8, 4) is 0 Å². The van der Waals surface area contributed by atoms with Crippen LogP contribution in [0.2, 0.25) is 0 Å². The van der Waals surface area contributed by atoms with E-state index in [-0.39, 0.29) is 38.6 Å². The summed E-state index contributed by atoms with van der Waals surface area (Å²) in [5, 5.41) is 0. The number of hydrogen-bond acceptors (Lipinski definition) is 6. The van der Waals surface area contributed by atoms with Crippen molar-refractivity contribution in [3.05, 3.63) is 94.3 Å². The summed E-state index contributed by atoms with van der Waals surface area (Å²) in [5.41, 5.74) is 0.820. The fourth-order valence-corrected chi connectivity index (χ4v) is 6.28. The van der Waals surface area contributed by atoms with E-state index < -0.39 is 40.1 Å². The van der Waals surface area contributed by atoms with Crippen molar-refractivity contribution in [3.63, 3.8) is 0 Å². The Morgan fingerprint density at radius 1 is 1.05 bits per heavy atom. The molecule has 0 aliphatic carbocycles. The van der Waals surface area contributed by atoms with Gasteiger partial charge in [-0.2, -0.15) is 9.30 Å². The lowest BCUT2D eigenvalue weighted by molar-refractivity contribution is -0.141. The predicted octanol–water partition coefficient (Wildman–Crippen LogP) is 4.11. The van der Waals surface area contributed by atoms with E-state index >= 15 is 0 Å². The van der Waals surface area contributed by atoms with Crippen LogP contribution in [-0.4, -0.2) is 42.8 Å². The third-order valence-electron chi connectivity index (χ3n) is 5.70. The number of carbonyl (C=O) groups is 2. The lowest BCUT2D eigenvalue weighted by Gasteiger charge is -2.20. The molecule has 1 aromatic heterocycles. The third-order valence-corrected chi connectivity index (χ3v) is 8.66. The van der Waals surface area contributed by atoms with E-state index in [9.17, 15) is 26.8 Å². The first-order valence-corrected chi connectivity index (χ1v) is 13.7. The van der Waals surface area contributed by atoms with Crippen molar-refractivity contribution in [1.82, 2.24) is 8.87 Å². The highest BCUT2D eigenvalue weighted by molar-refractivity contribution is 7.89. The Morgan fingerprint density at radius 2 is 1.74 bits per heavy atom. The van der Waals surface area contributed by atoms with Gasteiger partial charge in [0.25, 0.3) is 5.91 Å². The molecule has 12 heteroatoms. The van der Waals surface area contributed by atoms with Gasteiger partial charge in [-0.25, -0.2) is 17.2 Å². The zero-order valence-electron chi connectivity index (χ0n) is 20.4. The molecule has 0 radical (unpaired) electrons. The Labute approximate surface area is 221 Å². The van der Waals surface area contributed by atoms with Crippen molar-refractivity contribution in [2.75, 3.05) is 13.7 Å². The molecule has 0 saturated heterocycles. The van der Waals surface area contributed by atoms with Gasteiger partial charge >= 0.3 is 5.97 Å². The monoisotopic (exact) mass is 559 g/mol. The zero-order chi connectivity index (χ0) is 27.4. The molecule has 0 N–H and O–H groups in total. The van der Waals surface area contributed by atoms with Gasteiger partial charge in [-0.1, -0.05) is 48.6 Å². The van der Waals surface area contributed by atoms with E-state index in [0.717, 1.165) is 34.6 Å². The van der Waals surface area contributed by atoms with E-state index in [1.54, 1.807) is 6.92 Å². The largest absolute Gasteiger partial charge is 0.468 e. The fraction of sp³-hybridized carbons (Fsp3) is 0.192. The number of hydrogen-bond donors (Lipinski definition) is 0. The number of sulfonamides is 1. The molecule has 0 atom stereocenters. The number of carbonyl (C=O) groups excluding carboxylic acids is 2. The highest BCUT2D eigenvalue weighted by atomic mass is 32.2. The molecule has 8 nitrogen and oxygen atoms in total. The Hall–Kier alpha value is -3.74. The normalized spacial score (nSPS) is 12.3. The van der Waals surface area contributed by atoms with E-state index in [1.165, 1.54) is 28.6 Å². The molecular weight excluding hydrogens is 536 g/mol. The maximum atomic E-state index is 14.5. The number of methoxy groups -OCH3 is 1. The molecule has 0 saturated carbocycles. The number of esters is 1. The summed E-state index contributed by atoms with van der Waals surface area (Å²) in [6, 6.07) is 16.2. The molecule has 0 aliphatic rings. The third kappa shape index (κ3) is 5.72. The first-order valence-electron chi connectivity index (χ1n) is 11.4. The lowest BCUT2D eigenvalue weighted by Crippen LogP contribution is -2.30. The van der Waals surface area contributed by atoms with Gasteiger partial charge in [-0.3, -0.25) is 9.59 Å². The van der Waals surface area contributed by atoms with Gasteiger partial charge in [0.15, 0.2) is 10.6 Å². The van der Waals surface area contributed by atoms with Gasteiger partial charge in [0.05, 0.1) is 22.2 Å². The molecule has 0 bridgehead atoms. The summed E-state index contributed by atoms with van der Waals surface area (Å²) in [4.78, 5) is 28.8. The number of ether oxygens (including phenoxy) is 1. The number of rotatable bonds is 8. The minimum atomic E-state index is -3.84. The second kappa shape index (κ2) is 11.3. The Kier molecular flexibility index (Phi) is 8.14. The molecule has 1 amide bonds. The molecule has 4 rings (SSSR count). The Morgan fingerprint density at radius 3 is 2.37 bits per heavy atom. The summed E-state index contributed by atoms with van der Waals surface area (Å²) in [5.74, 6) is -3.20. The van der Waals surface area contributed by atoms with E-state index in [4.69, 9.17) is 0 Å². The van der Waals surface area contributed by atoms with Crippen LogP contribution >= 0.6 is 11.3 Å². The number of fused-ring (bicyclic) bond motifs is 1. The first-order chi connectivity index (χ1) is 18.1. The van der Waals surface area contributed by atoms with Gasteiger partial charge < -0.3 is 9.30 Å². The van der Waals surface area contributed by atoms with Crippen molar-refractivity contribution < 1.29 is 31.5 Å². The SMILES string of the molecule is CCN(Cc1ccccc1)S(=O)(=O)c1ccc(C(=O)N=c2sc3cc(F)cc(F)c3n2CC(=O)OC)cc1. The first kappa shape index (κ1) is 27.3. The number of amides is 1. The minimum absolute atomic E-state index is 0.00648. The standard InChI is InChI=1S/C26H23F2N3O5S2/c1-3-30(15-17-7-5-4-6-8-17)38(34,35)20-11-9-18(10-12-20)25(33)29-26-31(16-23(32)36-2)24-21(28)13-19(27)14-22(24)37-26/h4-14H,3,15-16H2,1-2H3. The molecule has 38 heavy (non-hydrogen) atoms. The molecule has 0 fully saturated rings. The van der Waals surface area contributed by atoms with Gasteiger partial charge in [0, 0.05) is 24.7 Å². The molecule has 0 unspecified atom stereocenters. The van der Waals surface area contributed by atoms with Gasteiger partial charge in [-0.15, -0.1) is 0 Å². The molecular formula is C26H23F2N3O5S2. The van der Waals surface area contributed by atoms with Crippen LogP contribution < -0.4 is 4.80 Å². The minimum Gasteiger partial charge on any atom is -0.468 e. The second-order valence-corrected chi connectivity index (χ2v) is 11.1. The summed E-state index contributed by atoms with van der Waals surface area (Å²) in [6.45, 7) is 1.73. The molecule has 0 spiro atoms. The molecule has 0 aliphatic heterocycles. The van der Waals surface area contributed by atoms with Crippen LogP contribution in [-0.2, 0) is 32.6 Å². The van der Waals surface area contributed by atoms with Crippen molar-refractivity contribution >= 4 is 43.5 Å². The van der Waals surface area contributed by atoms with Crippen LogP contribution in [0.15, 0.2) is 76.6 Å². The summed E-state index contributed by atoms with van der Waals surface area (Å²) in [6.07, 6.45) is 0. The van der Waals surface area contributed by atoms with E-state index in [1.807, 2.05) is 30.3 Å². The average molecular weight is 560 g/mol. The molecule has 1 heterocycles. The van der Waals surface area contributed by atoms with Crippen LogP contribution in [0.25, 0.3) is 10.2 Å². The highest BCUT2D eigenvalue weighted by Gasteiger charge is 2.24. The molecule has 4 aromatic rings. The van der Waals surface area contributed by atoms with Crippen LogP contribution in [0.4, 0.5) is 8.78 Å². The van der Waals surface area contributed by atoms with Crippen molar-refractivity contribution in [1.29, 1.82) is 0 Å². The fourth-order valence-electron chi connectivity index (χ4n) is 3.78. The molecule has 198 valence electrons. The van der Waals surface area contributed by atoms with Gasteiger partial charge in [0.1, 0.15) is 12.4 Å². The highest BCUT2D eigenvalue weighted by Crippen LogP contribution is 2.23. The summed E-state index contributed by atoms with van der Waals surface area (Å²) in [7, 11) is -2.68. The van der Waals surface area contributed by atoms with Crippen molar-refractivity contribution in [2.45, 2.75) is 24.9 Å². The molecule has 3 aromatic carbocycles. The number of aromatic nitrogens is 1. The number of benzene rings is 3. The predicted molar refractivity (Wildman–Crippen MR) is 138 cm³/mol. The van der Waals surface area contributed by atoms with Crippen LogP contribution in [0.1, 0.15) is 22.8 Å². The zero-order valence-corrected chi connectivity index (χ0v) is 22.1. The maximum Gasteiger partial charge on any atom is 0.325 e. The van der Waals surface area contributed by atoms with Crippen LogP contribution in [0.5, 0.6) is 0 Å². The van der Waals surface area contributed by atoms with Crippen LogP contribution in [0.3, 0.4) is 0 Å². The Balaban J connectivity index is 1.66. The Bertz CT molecular complexity index is 1670. The maximum absolute atomic E-state index is 14.5. The smallest absolute Gasteiger partial charge is 0.325 e. The average Bonchev–Trinajstić information content (AvgIpc) is 3.23. The van der Waals surface area contributed by atoms with Gasteiger partial charge in [-0.05, 0) is 35.9 Å². The van der Waals surface area contributed by atoms with E-state index in [2.05, 4.69) is 9.73 Å². The number of nitrogens with zero attached hydrogens (tertiary/aromatic N) is 3. The van der Waals surface area contributed by atoms with Crippen LogP contribution in [0, 0.1) is 11.6 Å². The number of halogens is 2. The summed E-state index contributed by atoms with van der Waals surface area (Å²) >= 11 is 0.828. The second-order valence-electron chi connectivity index (χ2n) is 8.14. The van der Waals surface area contributed by atoms with E-state index in [0.29, 0.717) is 6.07 Å². The summed E-state index contributed by atoms with van der Waals surface area (Å²) < 4.78 is 61.9. The van der Waals surface area contributed by atoms with Crippen molar-refractivity contribution in [2.24, 2.45) is 4.99 Å². The topological polar surface area (TPSA) is 98.0 Å². The lowest BCUT2D eigenvalue weighted by atomic mass is 10.2. The van der Waals surface area contributed by atoms with Gasteiger partial charge in [0.2, 0.25) is 10.0 Å². The number of thiazole rings is 1. The quantitative estimate of drug-likeness (QED) is 0.303.